The van der Waals surface area contributed by atoms with Crippen molar-refractivity contribution in [1.82, 2.24) is 9.97 Å². The highest BCUT2D eigenvalue weighted by Gasteiger charge is 2.06. The number of aryl methyl sites for hydroxylation is 1. The molecule has 30 heavy (non-hydrogen) atoms. The molecule has 0 aliphatic heterocycles. The van der Waals surface area contributed by atoms with Gasteiger partial charge in [0.2, 0.25) is 0 Å². The SMILES string of the molecule is CCCCCCCCCCc1cnc(-c2ccc(O[C@@H](C)CCCCC)cc2)nc1. The van der Waals surface area contributed by atoms with Crippen LogP contribution >= 0.6 is 0 Å². The second-order valence-electron chi connectivity index (χ2n) is 8.59. The minimum atomic E-state index is 0.259. The van der Waals surface area contributed by atoms with E-state index in [9.17, 15) is 0 Å². The predicted molar refractivity (Wildman–Crippen MR) is 128 cm³/mol. The van der Waals surface area contributed by atoms with Crippen LogP contribution in [0.25, 0.3) is 11.4 Å². The number of rotatable bonds is 16. The molecule has 1 heterocycles. The Balaban J connectivity index is 1.71. The van der Waals surface area contributed by atoms with Gasteiger partial charge in [0.25, 0.3) is 0 Å². The van der Waals surface area contributed by atoms with E-state index in [0.29, 0.717) is 0 Å². The van der Waals surface area contributed by atoms with Gasteiger partial charge in [-0.2, -0.15) is 0 Å². The van der Waals surface area contributed by atoms with Crippen molar-refractivity contribution in [1.29, 1.82) is 0 Å². The average Bonchev–Trinajstić information content (AvgIpc) is 2.77. The fourth-order valence-corrected chi connectivity index (χ4v) is 3.75. The summed E-state index contributed by atoms with van der Waals surface area (Å²) in [5.41, 5.74) is 2.28. The minimum absolute atomic E-state index is 0.259. The maximum Gasteiger partial charge on any atom is 0.159 e. The van der Waals surface area contributed by atoms with Gasteiger partial charge in [0.1, 0.15) is 5.75 Å². The lowest BCUT2D eigenvalue weighted by Gasteiger charge is -2.14. The number of hydrogen-bond acceptors (Lipinski definition) is 3. The molecule has 0 bridgehead atoms. The van der Waals surface area contributed by atoms with Crippen molar-refractivity contribution in [3.05, 3.63) is 42.2 Å². The van der Waals surface area contributed by atoms with Crippen LogP contribution in [0.5, 0.6) is 5.75 Å². The molecule has 0 radical (unpaired) electrons. The molecule has 3 heteroatoms. The molecule has 0 unspecified atom stereocenters. The Morgan fingerprint density at radius 2 is 1.30 bits per heavy atom. The Hall–Kier alpha value is -1.90. The Kier molecular flexibility index (Phi) is 12.2. The topological polar surface area (TPSA) is 35.0 Å². The number of hydrogen-bond donors (Lipinski definition) is 0. The first-order chi connectivity index (χ1) is 14.7. The van der Waals surface area contributed by atoms with E-state index in [4.69, 9.17) is 4.74 Å². The third-order valence-corrected chi connectivity index (χ3v) is 5.69. The first kappa shape index (κ1) is 24.4. The summed E-state index contributed by atoms with van der Waals surface area (Å²) in [7, 11) is 0. The molecule has 166 valence electrons. The Morgan fingerprint density at radius 3 is 1.93 bits per heavy atom. The molecule has 3 nitrogen and oxygen atoms in total. The predicted octanol–water partition coefficient (Wildman–Crippen LogP) is 8.17. The maximum absolute atomic E-state index is 6.02. The third-order valence-electron chi connectivity index (χ3n) is 5.69. The van der Waals surface area contributed by atoms with Gasteiger partial charge in [-0.25, -0.2) is 9.97 Å². The van der Waals surface area contributed by atoms with Gasteiger partial charge in [-0.1, -0.05) is 71.6 Å². The number of unbranched alkanes of at least 4 members (excludes halogenated alkanes) is 9. The first-order valence-corrected chi connectivity index (χ1v) is 12.3. The second kappa shape index (κ2) is 15.0. The normalized spacial score (nSPS) is 12.1. The number of aromatic nitrogens is 2. The van der Waals surface area contributed by atoms with Crippen molar-refractivity contribution in [2.24, 2.45) is 0 Å². The van der Waals surface area contributed by atoms with Crippen LogP contribution in [-0.4, -0.2) is 16.1 Å². The van der Waals surface area contributed by atoms with Crippen LogP contribution in [-0.2, 0) is 6.42 Å². The molecule has 2 rings (SSSR count). The standard InChI is InChI=1S/C27H42N2O/c1-4-6-8-9-10-11-12-14-16-24-21-28-27(29-22-24)25-17-19-26(20-18-25)30-23(3)15-13-7-5-2/h17-23H,4-16H2,1-3H3/t23-/m0/s1. The Morgan fingerprint density at radius 1 is 0.733 bits per heavy atom. The van der Waals surface area contributed by atoms with Crippen LogP contribution in [0, 0.1) is 0 Å². The Labute approximate surface area is 184 Å². The van der Waals surface area contributed by atoms with Crippen molar-refractivity contribution in [3.8, 4) is 17.1 Å². The number of nitrogens with zero attached hydrogens (tertiary/aromatic N) is 2. The Bertz CT molecular complexity index is 666. The van der Waals surface area contributed by atoms with Crippen LogP contribution in [0.15, 0.2) is 36.7 Å². The smallest absolute Gasteiger partial charge is 0.159 e. The summed E-state index contributed by atoms with van der Waals surface area (Å²) in [4.78, 5) is 9.17. The average molecular weight is 411 g/mol. The van der Waals surface area contributed by atoms with Crippen LogP contribution in [0.3, 0.4) is 0 Å². The summed E-state index contributed by atoms with van der Waals surface area (Å²) in [6.07, 6.45) is 21.0. The number of ether oxygens (including phenoxy) is 1. The zero-order valence-corrected chi connectivity index (χ0v) is 19.5. The van der Waals surface area contributed by atoms with E-state index in [1.54, 1.807) is 0 Å². The lowest BCUT2D eigenvalue weighted by Crippen LogP contribution is -2.11. The van der Waals surface area contributed by atoms with E-state index in [1.807, 2.05) is 24.5 Å². The summed E-state index contributed by atoms with van der Waals surface area (Å²) in [6.45, 7) is 6.65. The van der Waals surface area contributed by atoms with Crippen molar-refractivity contribution < 1.29 is 4.74 Å². The lowest BCUT2D eigenvalue weighted by molar-refractivity contribution is 0.206. The summed E-state index contributed by atoms with van der Waals surface area (Å²) >= 11 is 0. The molecule has 0 N–H and O–H groups in total. The van der Waals surface area contributed by atoms with Gasteiger partial charge in [-0.05, 0) is 62.4 Å². The molecule has 0 amide bonds. The molecule has 1 aromatic carbocycles. The summed E-state index contributed by atoms with van der Waals surface area (Å²) < 4.78 is 6.02. The zero-order valence-electron chi connectivity index (χ0n) is 19.5. The lowest BCUT2D eigenvalue weighted by atomic mass is 10.1. The molecule has 0 aliphatic rings. The molecule has 0 saturated carbocycles. The monoisotopic (exact) mass is 410 g/mol. The second-order valence-corrected chi connectivity index (χ2v) is 8.59. The molecule has 1 atom stereocenters. The maximum atomic E-state index is 6.02. The molecular weight excluding hydrogens is 368 g/mol. The van der Waals surface area contributed by atoms with Gasteiger partial charge >= 0.3 is 0 Å². The van der Waals surface area contributed by atoms with E-state index in [1.165, 1.54) is 76.2 Å². The summed E-state index contributed by atoms with van der Waals surface area (Å²) in [5.74, 6) is 1.71. The molecule has 0 aliphatic carbocycles. The number of benzene rings is 1. The highest BCUT2D eigenvalue weighted by molar-refractivity contribution is 5.55. The highest BCUT2D eigenvalue weighted by atomic mass is 16.5. The fourth-order valence-electron chi connectivity index (χ4n) is 3.75. The third kappa shape index (κ3) is 9.73. The summed E-state index contributed by atoms with van der Waals surface area (Å²) in [6, 6.07) is 8.18. The van der Waals surface area contributed by atoms with Crippen LogP contribution in [0.1, 0.15) is 103 Å². The van der Waals surface area contributed by atoms with E-state index < -0.39 is 0 Å². The zero-order chi connectivity index (χ0) is 21.4. The highest BCUT2D eigenvalue weighted by Crippen LogP contribution is 2.21. The van der Waals surface area contributed by atoms with Gasteiger partial charge in [-0.15, -0.1) is 0 Å². The fraction of sp³-hybridized carbons (Fsp3) is 0.630. The van der Waals surface area contributed by atoms with E-state index in [0.717, 1.165) is 30.0 Å². The van der Waals surface area contributed by atoms with Crippen molar-refractivity contribution in [2.45, 2.75) is 110 Å². The quantitative estimate of drug-likeness (QED) is 0.262. The van der Waals surface area contributed by atoms with Gasteiger partial charge in [0.05, 0.1) is 6.10 Å². The van der Waals surface area contributed by atoms with Gasteiger partial charge in [-0.3, -0.25) is 0 Å². The molecule has 1 aromatic heterocycles. The molecule has 0 fully saturated rings. The minimum Gasteiger partial charge on any atom is -0.491 e. The van der Waals surface area contributed by atoms with E-state index in [2.05, 4.69) is 42.9 Å². The van der Waals surface area contributed by atoms with E-state index >= 15 is 0 Å². The largest absolute Gasteiger partial charge is 0.491 e. The van der Waals surface area contributed by atoms with E-state index in [-0.39, 0.29) is 6.10 Å². The van der Waals surface area contributed by atoms with Gasteiger partial charge in [0, 0.05) is 18.0 Å². The van der Waals surface area contributed by atoms with Crippen LogP contribution < -0.4 is 4.74 Å². The first-order valence-electron chi connectivity index (χ1n) is 12.3. The summed E-state index contributed by atoms with van der Waals surface area (Å²) in [5, 5.41) is 0. The van der Waals surface area contributed by atoms with Crippen molar-refractivity contribution >= 4 is 0 Å². The van der Waals surface area contributed by atoms with Crippen LogP contribution in [0.2, 0.25) is 0 Å². The molecule has 2 aromatic rings. The molecule has 0 spiro atoms. The molecule has 0 saturated heterocycles. The van der Waals surface area contributed by atoms with Gasteiger partial charge < -0.3 is 4.74 Å². The molecular formula is C27H42N2O. The van der Waals surface area contributed by atoms with Gasteiger partial charge in [0.15, 0.2) is 5.82 Å². The van der Waals surface area contributed by atoms with Crippen LogP contribution in [0.4, 0.5) is 0 Å². The van der Waals surface area contributed by atoms with Crippen molar-refractivity contribution in [2.75, 3.05) is 0 Å². The van der Waals surface area contributed by atoms with Crippen molar-refractivity contribution in [3.63, 3.8) is 0 Å².